The molecule has 1 atom stereocenters. The normalized spacial score (nSPS) is 13.0. The Balaban J connectivity index is 2.03. The van der Waals surface area contributed by atoms with Gasteiger partial charge >= 0.3 is 0 Å². The van der Waals surface area contributed by atoms with E-state index in [-0.39, 0.29) is 0 Å². The summed E-state index contributed by atoms with van der Waals surface area (Å²) in [5.41, 5.74) is 5.05. The summed E-state index contributed by atoms with van der Waals surface area (Å²) >= 11 is 0. The lowest BCUT2D eigenvalue weighted by Crippen LogP contribution is -1.96. The summed E-state index contributed by atoms with van der Waals surface area (Å²) in [4.78, 5) is 10.6. The van der Waals surface area contributed by atoms with Crippen LogP contribution in [0.1, 0.15) is 36.6 Å². The second kappa shape index (κ2) is 4.33. The second-order valence-corrected chi connectivity index (χ2v) is 4.70. The largest absolute Gasteiger partial charge is 0.361 e. The van der Waals surface area contributed by atoms with Crippen LogP contribution in [0.15, 0.2) is 36.9 Å². The summed E-state index contributed by atoms with van der Waals surface area (Å²) in [6, 6.07) is 6.66. The number of aromatic nitrogens is 3. The molecule has 3 rings (SSSR count). The fourth-order valence-electron chi connectivity index (χ4n) is 2.45. The Kier molecular flexibility index (Phi) is 2.67. The number of imidazole rings is 1. The molecule has 0 aliphatic heterocycles. The smallest absolute Gasteiger partial charge is 0.0921 e. The third kappa shape index (κ3) is 1.72. The van der Waals surface area contributed by atoms with Crippen molar-refractivity contribution < 1.29 is 0 Å². The fourth-order valence-corrected chi connectivity index (χ4v) is 2.45. The van der Waals surface area contributed by atoms with Crippen molar-refractivity contribution in [3.63, 3.8) is 0 Å². The Hall–Kier alpha value is -2.03. The summed E-state index contributed by atoms with van der Waals surface area (Å²) in [6.07, 6.45) is 6.79. The van der Waals surface area contributed by atoms with E-state index < -0.39 is 0 Å². The van der Waals surface area contributed by atoms with Crippen LogP contribution in [0.3, 0.4) is 0 Å². The molecule has 2 heterocycles. The molecule has 1 unspecified atom stereocenters. The van der Waals surface area contributed by atoms with Crippen LogP contribution in [0.25, 0.3) is 10.9 Å². The third-order valence-electron chi connectivity index (χ3n) is 3.66. The van der Waals surface area contributed by atoms with E-state index in [1.807, 2.05) is 6.20 Å². The van der Waals surface area contributed by atoms with Gasteiger partial charge in [0.2, 0.25) is 0 Å². The van der Waals surface area contributed by atoms with E-state index in [0.29, 0.717) is 5.92 Å². The van der Waals surface area contributed by atoms with Gasteiger partial charge in [0.25, 0.3) is 0 Å². The van der Waals surface area contributed by atoms with Crippen molar-refractivity contribution in [1.82, 2.24) is 15.0 Å². The van der Waals surface area contributed by atoms with Crippen molar-refractivity contribution in [3.05, 3.63) is 53.7 Å². The maximum Gasteiger partial charge on any atom is 0.0921 e. The molecule has 3 nitrogen and oxygen atoms in total. The minimum absolute atomic E-state index is 0.338. The fraction of sp³-hybridized carbons (Fsp3) is 0.267. The predicted molar refractivity (Wildman–Crippen MR) is 73.8 cm³/mol. The number of hydrogen-bond acceptors (Lipinski definition) is 1. The molecular weight excluding hydrogens is 222 g/mol. The monoisotopic (exact) mass is 239 g/mol. The zero-order chi connectivity index (χ0) is 12.5. The number of hydrogen-bond donors (Lipinski definition) is 2. The molecule has 0 aliphatic carbocycles. The van der Waals surface area contributed by atoms with E-state index in [1.165, 1.54) is 22.0 Å². The molecule has 0 fully saturated rings. The van der Waals surface area contributed by atoms with E-state index in [4.69, 9.17) is 0 Å². The maximum absolute atomic E-state index is 4.09. The van der Waals surface area contributed by atoms with E-state index in [1.54, 1.807) is 6.33 Å². The number of fused-ring (bicyclic) bond motifs is 1. The lowest BCUT2D eigenvalue weighted by molar-refractivity contribution is 0.885. The molecule has 2 N–H and O–H groups in total. The lowest BCUT2D eigenvalue weighted by atomic mass is 9.97. The molecule has 0 aliphatic rings. The number of benzene rings is 1. The third-order valence-corrected chi connectivity index (χ3v) is 3.66. The second-order valence-electron chi connectivity index (χ2n) is 4.70. The van der Waals surface area contributed by atoms with Gasteiger partial charge in [0, 0.05) is 34.9 Å². The van der Waals surface area contributed by atoms with Gasteiger partial charge in [-0.2, -0.15) is 0 Å². The predicted octanol–water partition coefficient (Wildman–Crippen LogP) is 3.61. The molecule has 0 radical (unpaired) electrons. The number of H-pyrrole nitrogens is 2. The maximum atomic E-state index is 4.09. The molecule has 3 heteroatoms. The standard InChI is InChI=1S/C15H17N3/c1-3-11-7-17-14-6-12(4-5-13(11)14)10(2)15-8-16-9-18-15/h4-10,17H,3H2,1-2H3,(H,16,18). The van der Waals surface area contributed by atoms with Gasteiger partial charge in [0.15, 0.2) is 0 Å². The van der Waals surface area contributed by atoms with Crippen molar-refractivity contribution in [2.45, 2.75) is 26.2 Å². The van der Waals surface area contributed by atoms with Gasteiger partial charge in [0.05, 0.1) is 6.33 Å². The lowest BCUT2D eigenvalue weighted by Gasteiger charge is -2.09. The van der Waals surface area contributed by atoms with Gasteiger partial charge < -0.3 is 9.97 Å². The first-order valence-corrected chi connectivity index (χ1v) is 6.37. The highest BCUT2D eigenvalue weighted by Crippen LogP contribution is 2.27. The molecule has 0 bridgehead atoms. The Labute approximate surface area is 106 Å². The highest BCUT2D eigenvalue weighted by atomic mass is 14.9. The van der Waals surface area contributed by atoms with Crippen LogP contribution >= 0.6 is 0 Å². The molecule has 0 amide bonds. The van der Waals surface area contributed by atoms with Gasteiger partial charge in [-0.05, 0) is 23.6 Å². The van der Waals surface area contributed by atoms with Gasteiger partial charge in [-0.15, -0.1) is 0 Å². The van der Waals surface area contributed by atoms with Gasteiger partial charge in [0.1, 0.15) is 0 Å². The zero-order valence-electron chi connectivity index (χ0n) is 10.7. The molecule has 2 aromatic heterocycles. The molecule has 1 aromatic carbocycles. The van der Waals surface area contributed by atoms with Crippen molar-refractivity contribution in [1.29, 1.82) is 0 Å². The Morgan fingerprint density at radius 3 is 2.89 bits per heavy atom. The highest BCUT2D eigenvalue weighted by molar-refractivity contribution is 5.84. The summed E-state index contributed by atoms with van der Waals surface area (Å²) in [7, 11) is 0. The summed E-state index contributed by atoms with van der Waals surface area (Å²) < 4.78 is 0. The average molecular weight is 239 g/mol. The molecule has 0 spiro atoms. The minimum atomic E-state index is 0.338. The molecular formula is C15H17N3. The summed E-state index contributed by atoms with van der Waals surface area (Å²) in [5, 5.41) is 1.33. The summed E-state index contributed by atoms with van der Waals surface area (Å²) in [5.74, 6) is 0.338. The average Bonchev–Trinajstić information content (AvgIpc) is 3.06. The Morgan fingerprint density at radius 2 is 2.17 bits per heavy atom. The SMILES string of the molecule is CCc1c[nH]c2cc(C(C)c3cnc[nH]3)ccc12. The van der Waals surface area contributed by atoms with Gasteiger partial charge in [-0.3, -0.25) is 0 Å². The molecule has 18 heavy (non-hydrogen) atoms. The van der Waals surface area contributed by atoms with Crippen LogP contribution in [0.5, 0.6) is 0 Å². The first-order chi connectivity index (χ1) is 8.79. The van der Waals surface area contributed by atoms with E-state index >= 15 is 0 Å². The Bertz CT molecular complexity index is 649. The van der Waals surface area contributed by atoms with E-state index in [2.05, 4.69) is 53.2 Å². The van der Waals surface area contributed by atoms with Crippen molar-refractivity contribution >= 4 is 10.9 Å². The molecule has 92 valence electrons. The number of aromatic amines is 2. The quantitative estimate of drug-likeness (QED) is 0.720. The van der Waals surface area contributed by atoms with Gasteiger partial charge in [-0.1, -0.05) is 26.0 Å². The molecule has 0 saturated heterocycles. The number of nitrogens with zero attached hydrogens (tertiary/aromatic N) is 1. The van der Waals surface area contributed by atoms with Crippen molar-refractivity contribution in [2.24, 2.45) is 0 Å². The number of rotatable bonds is 3. The Morgan fingerprint density at radius 1 is 1.28 bits per heavy atom. The van der Waals surface area contributed by atoms with Crippen LogP contribution in [-0.2, 0) is 6.42 Å². The minimum Gasteiger partial charge on any atom is -0.361 e. The van der Waals surface area contributed by atoms with E-state index in [0.717, 1.165) is 12.1 Å². The van der Waals surface area contributed by atoms with Crippen LogP contribution < -0.4 is 0 Å². The first kappa shape index (κ1) is 11.1. The number of aryl methyl sites for hydroxylation is 1. The molecule has 0 saturated carbocycles. The molecule has 3 aromatic rings. The van der Waals surface area contributed by atoms with Crippen molar-refractivity contribution in [3.8, 4) is 0 Å². The first-order valence-electron chi connectivity index (χ1n) is 6.37. The topological polar surface area (TPSA) is 44.5 Å². The summed E-state index contributed by atoms with van der Waals surface area (Å²) in [6.45, 7) is 4.38. The van der Waals surface area contributed by atoms with Gasteiger partial charge in [-0.25, -0.2) is 4.98 Å². The van der Waals surface area contributed by atoms with Crippen LogP contribution in [-0.4, -0.2) is 15.0 Å². The van der Waals surface area contributed by atoms with Crippen LogP contribution in [0.2, 0.25) is 0 Å². The van der Waals surface area contributed by atoms with Crippen molar-refractivity contribution in [2.75, 3.05) is 0 Å². The zero-order valence-corrected chi connectivity index (χ0v) is 10.7. The highest BCUT2D eigenvalue weighted by Gasteiger charge is 2.11. The number of nitrogens with one attached hydrogen (secondary N) is 2. The van der Waals surface area contributed by atoms with Crippen LogP contribution in [0.4, 0.5) is 0 Å². The van der Waals surface area contributed by atoms with E-state index in [9.17, 15) is 0 Å². The van der Waals surface area contributed by atoms with Crippen LogP contribution in [0, 0.1) is 0 Å².